The molecule has 3 unspecified atom stereocenters. The van der Waals surface area contributed by atoms with E-state index in [1.807, 2.05) is 30.3 Å². The first-order valence-corrected chi connectivity index (χ1v) is 9.45. The molecule has 2 heteroatoms. The molecule has 0 radical (unpaired) electrons. The molecular formula is C24H28O2. The predicted molar refractivity (Wildman–Crippen MR) is 106 cm³/mol. The number of fused-ring (bicyclic) bond motifs is 3. The third-order valence-electron chi connectivity index (χ3n) is 5.84. The number of hydrogen-bond acceptors (Lipinski definition) is 2. The Morgan fingerprint density at radius 2 is 1.96 bits per heavy atom. The second-order valence-electron chi connectivity index (χ2n) is 7.91. The van der Waals surface area contributed by atoms with Gasteiger partial charge in [-0.25, -0.2) is 0 Å². The quantitative estimate of drug-likeness (QED) is 0.709. The van der Waals surface area contributed by atoms with Crippen LogP contribution in [0.2, 0.25) is 0 Å². The summed E-state index contributed by atoms with van der Waals surface area (Å²) in [6.07, 6.45) is 5.34. The lowest BCUT2D eigenvalue weighted by Crippen LogP contribution is -2.45. The molecular weight excluding hydrogens is 320 g/mol. The number of hydrogen-bond donors (Lipinski definition) is 1. The van der Waals surface area contributed by atoms with E-state index in [0.717, 1.165) is 36.8 Å². The summed E-state index contributed by atoms with van der Waals surface area (Å²) in [6.45, 7) is 1.54. The van der Waals surface area contributed by atoms with E-state index in [9.17, 15) is 5.11 Å². The van der Waals surface area contributed by atoms with Gasteiger partial charge in [-0.15, -0.1) is 0 Å². The molecule has 26 heavy (non-hydrogen) atoms. The number of aryl methyl sites for hydroxylation is 2. The molecule has 0 amide bonds. The second-order valence-corrected chi connectivity index (χ2v) is 7.91. The summed E-state index contributed by atoms with van der Waals surface area (Å²) in [5.74, 6) is 0.395. The van der Waals surface area contributed by atoms with E-state index in [0.29, 0.717) is 5.75 Å². The normalized spacial score (nSPS) is 29.3. The van der Waals surface area contributed by atoms with E-state index in [1.54, 1.807) is 6.92 Å². The highest BCUT2D eigenvalue weighted by Gasteiger charge is 2.45. The molecule has 1 aliphatic carbocycles. The summed E-state index contributed by atoms with van der Waals surface area (Å²) in [5.41, 5.74) is 2.88. The molecule has 3 atom stereocenters. The smallest absolute Gasteiger partial charge is 0.127 e. The van der Waals surface area contributed by atoms with Gasteiger partial charge in [0.1, 0.15) is 17.1 Å². The Bertz CT molecular complexity index is 933. The number of benzene rings is 2. The SMILES string of the molecule is [2H]C([2H])([2H])C1(C)Oc2cc(CCc3ccccc3)cc(O)c2C2C=C(C)CCC21. The van der Waals surface area contributed by atoms with Crippen molar-refractivity contribution in [1.82, 2.24) is 0 Å². The lowest BCUT2D eigenvalue weighted by Gasteiger charge is -2.46. The maximum absolute atomic E-state index is 10.9. The van der Waals surface area contributed by atoms with Gasteiger partial charge in [0.15, 0.2) is 0 Å². The van der Waals surface area contributed by atoms with Crippen molar-refractivity contribution in [2.75, 3.05) is 0 Å². The van der Waals surface area contributed by atoms with Crippen molar-refractivity contribution in [3.63, 3.8) is 0 Å². The first-order chi connectivity index (χ1) is 13.7. The number of rotatable bonds is 3. The van der Waals surface area contributed by atoms with E-state index in [1.165, 1.54) is 11.1 Å². The van der Waals surface area contributed by atoms with Gasteiger partial charge < -0.3 is 9.84 Å². The molecule has 2 nitrogen and oxygen atoms in total. The number of phenols is 1. The van der Waals surface area contributed by atoms with Gasteiger partial charge in [-0.1, -0.05) is 42.0 Å². The molecule has 1 heterocycles. The molecule has 0 saturated heterocycles. The Morgan fingerprint density at radius 1 is 1.19 bits per heavy atom. The van der Waals surface area contributed by atoms with Crippen LogP contribution in [-0.4, -0.2) is 10.7 Å². The summed E-state index contributed by atoms with van der Waals surface area (Å²) < 4.78 is 30.7. The van der Waals surface area contributed by atoms with Crippen molar-refractivity contribution >= 4 is 0 Å². The zero-order valence-corrected chi connectivity index (χ0v) is 15.5. The summed E-state index contributed by atoms with van der Waals surface area (Å²) in [7, 11) is 0. The summed E-state index contributed by atoms with van der Waals surface area (Å²) in [4.78, 5) is 0. The van der Waals surface area contributed by atoms with Crippen molar-refractivity contribution in [3.8, 4) is 11.5 Å². The number of ether oxygens (including phenoxy) is 1. The van der Waals surface area contributed by atoms with Gasteiger partial charge in [0.05, 0.1) is 0 Å². The van der Waals surface area contributed by atoms with Crippen molar-refractivity contribution in [2.24, 2.45) is 5.92 Å². The Kier molecular flexibility index (Phi) is 3.48. The van der Waals surface area contributed by atoms with Crippen molar-refractivity contribution < 1.29 is 14.0 Å². The first-order valence-electron chi connectivity index (χ1n) is 10.9. The molecule has 0 aromatic heterocycles. The van der Waals surface area contributed by atoms with Crippen molar-refractivity contribution in [3.05, 3.63) is 70.8 Å². The van der Waals surface area contributed by atoms with E-state index < -0.39 is 12.5 Å². The van der Waals surface area contributed by atoms with Crippen LogP contribution in [0.15, 0.2) is 54.1 Å². The Morgan fingerprint density at radius 3 is 2.73 bits per heavy atom. The number of phenolic OH excluding ortho intramolecular Hbond substituents is 1. The van der Waals surface area contributed by atoms with Gasteiger partial charge in [-0.3, -0.25) is 0 Å². The molecule has 0 bridgehead atoms. The van der Waals surface area contributed by atoms with Gasteiger partial charge in [0, 0.05) is 21.5 Å². The maximum Gasteiger partial charge on any atom is 0.127 e. The molecule has 136 valence electrons. The third-order valence-corrected chi connectivity index (χ3v) is 5.84. The average Bonchev–Trinajstić information content (AvgIpc) is 2.65. The number of aromatic hydroxyl groups is 1. The third kappa shape index (κ3) is 3.13. The van der Waals surface area contributed by atoms with Crippen molar-refractivity contribution in [2.45, 2.75) is 57.9 Å². The van der Waals surface area contributed by atoms with Crippen LogP contribution in [-0.2, 0) is 12.8 Å². The van der Waals surface area contributed by atoms with E-state index in [-0.39, 0.29) is 17.6 Å². The largest absolute Gasteiger partial charge is 0.507 e. The number of allylic oxidation sites excluding steroid dienone is 2. The summed E-state index contributed by atoms with van der Waals surface area (Å²) >= 11 is 0. The summed E-state index contributed by atoms with van der Waals surface area (Å²) in [5, 5.41) is 10.9. The van der Waals surface area contributed by atoms with Crippen LogP contribution < -0.4 is 4.74 Å². The summed E-state index contributed by atoms with van der Waals surface area (Å²) in [6, 6.07) is 13.9. The van der Waals surface area contributed by atoms with Crippen LogP contribution in [0.25, 0.3) is 0 Å². The first kappa shape index (κ1) is 13.9. The van der Waals surface area contributed by atoms with Gasteiger partial charge in [-0.2, -0.15) is 0 Å². The Labute approximate surface area is 160 Å². The fourth-order valence-corrected chi connectivity index (χ4v) is 4.44. The van der Waals surface area contributed by atoms with Gasteiger partial charge in [-0.05, 0) is 69.6 Å². The van der Waals surface area contributed by atoms with E-state index in [2.05, 4.69) is 25.1 Å². The van der Waals surface area contributed by atoms with Crippen molar-refractivity contribution in [1.29, 1.82) is 0 Å². The average molecular weight is 352 g/mol. The molecule has 0 fully saturated rings. The molecule has 1 N–H and O–H groups in total. The highest BCUT2D eigenvalue weighted by molar-refractivity contribution is 5.54. The minimum absolute atomic E-state index is 0.138. The zero-order chi connectivity index (χ0) is 20.8. The van der Waals surface area contributed by atoms with Gasteiger partial charge in [0.2, 0.25) is 0 Å². The Hall–Kier alpha value is -2.22. The van der Waals surface area contributed by atoms with Gasteiger partial charge in [0.25, 0.3) is 0 Å². The monoisotopic (exact) mass is 351 g/mol. The lowest BCUT2D eigenvalue weighted by atomic mass is 9.68. The standard InChI is InChI=1S/C24H28O2/c1-16-9-12-20-19(13-16)23-21(25)14-18(15-22(23)26-24(20,2)3)11-10-17-7-5-4-6-8-17/h4-8,13-15,19-20,25H,9-12H2,1-3H3/i2D3. The fraction of sp³-hybridized carbons (Fsp3) is 0.417. The minimum atomic E-state index is -2.25. The molecule has 2 aromatic carbocycles. The molecule has 2 aromatic rings. The minimum Gasteiger partial charge on any atom is -0.507 e. The topological polar surface area (TPSA) is 29.5 Å². The Balaban J connectivity index is 1.73. The van der Waals surface area contributed by atoms with Crippen LogP contribution >= 0.6 is 0 Å². The fourth-order valence-electron chi connectivity index (χ4n) is 4.44. The highest BCUT2D eigenvalue weighted by Crippen LogP contribution is 2.53. The molecule has 2 aliphatic rings. The predicted octanol–water partition coefficient (Wildman–Crippen LogP) is 5.79. The van der Waals surface area contributed by atoms with Gasteiger partial charge >= 0.3 is 0 Å². The zero-order valence-electron chi connectivity index (χ0n) is 18.5. The lowest BCUT2D eigenvalue weighted by molar-refractivity contribution is 0.0107. The van der Waals surface area contributed by atoms with E-state index >= 15 is 0 Å². The molecule has 0 saturated carbocycles. The second kappa shape index (κ2) is 6.50. The molecule has 0 spiro atoms. The molecule has 1 aliphatic heterocycles. The molecule has 4 rings (SSSR count). The highest BCUT2D eigenvalue weighted by atomic mass is 16.5. The maximum atomic E-state index is 10.9. The van der Waals surface area contributed by atoms with Crippen LogP contribution in [0.5, 0.6) is 11.5 Å². The van der Waals surface area contributed by atoms with Crippen LogP contribution in [0.4, 0.5) is 0 Å². The van der Waals surface area contributed by atoms with Crippen LogP contribution in [0.1, 0.15) is 60.3 Å². The van der Waals surface area contributed by atoms with Crippen LogP contribution in [0, 0.1) is 5.92 Å². The van der Waals surface area contributed by atoms with Crippen LogP contribution in [0.3, 0.4) is 0 Å². The van der Waals surface area contributed by atoms with E-state index in [4.69, 9.17) is 8.85 Å².